The fourth-order valence-corrected chi connectivity index (χ4v) is 2.66. The zero-order chi connectivity index (χ0) is 18.7. The first-order valence-corrected chi connectivity index (χ1v) is 7.15. The standard InChI is InChI=1S/C16H12F6N2O/c1-7-8(2)23-24-13(9(3)25-14(7)24)11-5-4-10(15(17,18)19)6-12(11)16(20,21)22/h4-6H,1-3H3. The number of nitrogens with zero attached hydrogens (tertiary/aromatic N) is 2. The van der Waals surface area contributed by atoms with Gasteiger partial charge in [-0.05, 0) is 32.9 Å². The van der Waals surface area contributed by atoms with Crippen LogP contribution < -0.4 is 0 Å². The largest absolute Gasteiger partial charge is 0.441 e. The van der Waals surface area contributed by atoms with Crippen molar-refractivity contribution in [3.63, 3.8) is 0 Å². The number of hydrogen-bond donors (Lipinski definition) is 0. The van der Waals surface area contributed by atoms with Gasteiger partial charge in [0, 0.05) is 11.1 Å². The van der Waals surface area contributed by atoms with Crippen LogP contribution in [0.4, 0.5) is 26.3 Å². The summed E-state index contributed by atoms with van der Waals surface area (Å²) in [4.78, 5) is 0. The number of aromatic nitrogens is 2. The van der Waals surface area contributed by atoms with Crippen LogP contribution in [-0.2, 0) is 12.4 Å². The molecular formula is C16H12F6N2O. The van der Waals surface area contributed by atoms with E-state index in [9.17, 15) is 26.3 Å². The number of oxazole rings is 1. The highest BCUT2D eigenvalue weighted by molar-refractivity contribution is 5.70. The van der Waals surface area contributed by atoms with Crippen molar-refractivity contribution >= 4 is 5.71 Å². The summed E-state index contributed by atoms with van der Waals surface area (Å²) >= 11 is 0. The average Bonchev–Trinajstić information content (AvgIpc) is 2.92. The SMILES string of the molecule is Cc1nn2c(-c3ccc(C(F)(F)F)cc3C(F)(F)F)c(C)oc2c1C. The molecule has 3 aromatic rings. The van der Waals surface area contributed by atoms with Crippen molar-refractivity contribution < 1.29 is 30.8 Å². The van der Waals surface area contributed by atoms with Crippen LogP contribution in [0.25, 0.3) is 17.0 Å². The molecule has 0 saturated carbocycles. The summed E-state index contributed by atoms with van der Waals surface area (Å²) in [7, 11) is 0. The predicted molar refractivity (Wildman–Crippen MR) is 77.1 cm³/mol. The molecule has 0 unspecified atom stereocenters. The molecule has 1 aromatic carbocycles. The van der Waals surface area contributed by atoms with E-state index < -0.39 is 29.0 Å². The van der Waals surface area contributed by atoms with Gasteiger partial charge in [-0.25, -0.2) is 0 Å². The van der Waals surface area contributed by atoms with E-state index in [-0.39, 0.29) is 23.2 Å². The molecule has 0 aliphatic heterocycles. The van der Waals surface area contributed by atoms with Gasteiger partial charge in [0.15, 0.2) is 0 Å². The quantitative estimate of drug-likeness (QED) is 0.531. The van der Waals surface area contributed by atoms with E-state index >= 15 is 0 Å². The van der Waals surface area contributed by atoms with Gasteiger partial charge in [-0.1, -0.05) is 6.07 Å². The maximum atomic E-state index is 13.4. The minimum absolute atomic E-state index is 0.0211. The maximum Gasteiger partial charge on any atom is 0.417 e. The van der Waals surface area contributed by atoms with Gasteiger partial charge in [-0.3, -0.25) is 0 Å². The van der Waals surface area contributed by atoms with Crippen LogP contribution in [0.15, 0.2) is 22.6 Å². The molecule has 0 saturated heterocycles. The van der Waals surface area contributed by atoms with E-state index in [2.05, 4.69) is 5.10 Å². The lowest BCUT2D eigenvalue weighted by molar-refractivity contribution is -0.142. The third kappa shape index (κ3) is 2.77. The van der Waals surface area contributed by atoms with Gasteiger partial charge >= 0.3 is 12.4 Å². The Morgan fingerprint density at radius 1 is 0.960 bits per heavy atom. The number of aryl methyl sites for hydroxylation is 3. The highest BCUT2D eigenvalue weighted by Crippen LogP contribution is 2.42. The molecule has 9 heteroatoms. The van der Waals surface area contributed by atoms with Gasteiger partial charge in [0.25, 0.3) is 0 Å². The van der Waals surface area contributed by atoms with E-state index in [4.69, 9.17) is 4.42 Å². The number of rotatable bonds is 1. The van der Waals surface area contributed by atoms with E-state index in [1.165, 1.54) is 11.4 Å². The Morgan fingerprint density at radius 2 is 1.60 bits per heavy atom. The first-order valence-electron chi connectivity index (χ1n) is 7.15. The van der Waals surface area contributed by atoms with Crippen molar-refractivity contribution in [2.24, 2.45) is 0 Å². The molecule has 134 valence electrons. The molecule has 3 rings (SSSR count). The number of alkyl halides is 6. The number of hydrogen-bond acceptors (Lipinski definition) is 2. The molecule has 3 nitrogen and oxygen atoms in total. The molecule has 0 bridgehead atoms. The van der Waals surface area contributed by atoms with Crippen LogP contribution in [0, 0.1) is 20.8 Å². The van der Waals surface area contributed by atoms with Gasteiger partial charge in [0.2, 0.25) is 5.71 Å². The number of fused-ring (bicyclic) bond motifs is 1. The highest BCUT2D eigenvalue weighted by atomic mass is 19.4. The summed E-state index contributed by atoms with van der Waals surface area (Å²) in [6.45, 7) is 4.80. The first kappa shape index (κ1) is 17.4. The van der Waals surface area contributed by atoms with Crippen molar-refractivity contribution in [2.75, 3.05) is 0 Å². The van der Waals surface area contributed by atoms with Crippen LogP contribution in [-0.4, -0.2) is 9.61 Å². The van der Waals surface area contributed by atoms with E-state index in [0.717, 1.165) is 6.07 Å². The van der Waals surface area contributed by atoms with E-state index in [1.54, 1.807) is 13.8 Å². The highest BCUT2D eigenvalue weighted by Gasteiger charge is 2.39. The molecule has 0 atom stereocenters. The molecule has 2 heterocycles. The normalized spacial score (nSPS) is 13.0. The van der Waals surface area contributed by atoms with Crippen molar-refractivity contribution in [3.8, 4) is 11.3 Å². The summed E-state index contributed by atoms with van der Waals surface area (Å²) in [6, 6.07) is 1.53. The zero-order valence-electron chi connectivity index (χ0n) is 13.3. The third-order valence-corrected chi connectivity index (χ3v) is 4.01. The topological polar surface area (TPSA) is 30.4 Å². The van der Waals surface area contributed by atoms with Crippen molar-refractivity contribution in [3.05, 3.63) is 46.3 Å². The predicted octanol–water partition coefficient (Wildman–Crippen LogP) is 5.56. The summed E-state index contributed by atoms with van der Waals surface area (Å²) < 4.78 is 85.3. The molecule has 0 spiro atoms. The Bertz CT molecular complexity index is 962. The molecule has 0 radical (unpaired) electrons. The lowest BCUT2D eigenvalue weighted by Crippen LogP contribution is -2.12. The lowest BCUT2D eigenvalue weighted by Gasteiger charge is -2.15. The van der Waals surface area contributed by atoms with Crippen LogP contribution in [0.1, 0.15) is 28.1 Å². The molecular weight excluding hydrogens is 350 g/mol. The Hall–Kier alpha value is -2.45. The van der Waals surface area contributed by atoms with E-state index in [0.29, 0.717) is 17.3 Å². The molecule has 0 N–H and O–H groups in total. The summed E-state index contributed by atoms with van der Waals surface area (Å²) in [5, 5.41) is 4.14. The monoisotopic (exact) mass is 362 g/mol. The minimum atomic E-state index is -4.97. The third-order valence-electron chi connectivity index (χ3n) is 4.01. The van der Waals surface area contributed by atoms with Crippen LogP contribution in [0.2, 0.25) is 0 Å². The molecule has 0 aliphatic rings. The van der Waals surface area contributed by atoms with Gasteiger partial charge in [0.1, 0.15) is 11.5 Å². The van der Waals surface area contributed by atoms with Crippen molar-refractivity contribution in [1.82, 2.24) is 9.61 Å². The Labute approximate surface area is 137 Å². The number of halogens is 6. The smallest absolute Gasteiger partial charge is 0.417 e. The molecule has 0 amide bonds. The molecule has 25 heavy (non-hydrogen) atoms. The van der Waals surface area contributed by atoms with Gasteiger partial charge in [-0.15, -0.1) is 0 Å². The van der Waals surface area contributed by atoms with Gasteiger partial charge < -0.3 is 4.42 Å². The number of benzene rings is 1. The zero-order valence-corrected chi connectivity index (χ0v) is 13.3. The maximum absolute atomic E-state index is 13.4. The van der Waals surface area contributed by atoms with Crippen molar-refractivity contribution in [1.29, 1.82) is 0 Å². The summed E-state index contributed by atoms with van der Waals surface area (Å²) in [5.41, 5.74) is -1.73. The van der Waals surface area contributed by atoms with Crippen LogP contribution >= 0.6 is 0 Å². The second-order valence-electron chi connectivity index (χ2n) is 5.69. The fourth-order valence-electron chi connectivity index (χ4n) is 2.66. The molecule has 0 fully saturated rings. The fraction of sp³-hybridized carbons (Fsp3) is 0.312. The Kier molecular flexibility index (Phi) is 3.66. The first-order chi connectivity index (χ1) is 11.4. The molecule has 0 aliphatic carbocycles. The Balaban J connectivity index is 2.35. The van der Waals surface area contributed by atoms with Crippen LogP contribution in [0.5, 0.6) is 0 Å². The van der Waals surface area contributed by atoms with E-state index in [1.807, 2.05) is 0 Å². The average molecular weight is 362 g/mol. The Morgan fingerprint density at radius 3 is 2.16 bits per heavy atom. The second-order valence-corrected chi connectivity index (χ2v) is 5.69. The lowest BCUT2D eigenvalue weighted by atomic mass is 10.00. The van der Waals surface area contributed by atoms with Crippen LogP contribution in [0.3, 0.4) is 0 Å². The van der Waals surface area contributed by atoms with Gasteiger partial charge in [0.05, 0.1) is 16.8 Å². The second kappa shape index (κ2) is 5.27. The minimum Gasteiger partial charge on any atom is -0.441 e. The molecule has 2 aromatic heterocycles. The van der Waals surface area contributed by atoms with Crippen molar-refractivity contribution in [2.45, 2.75) is 33.1 Å². The van der Waals surface area contributed by atoms with Gasteiger partial charge in [-0.2, -0.15) is 36.0 Å². The summed E-state index contributed by atoms with van der Waals surface area (Å²) in [6.07, 6.45) is -9.85. The summed E-state index contributed by atoms with van der Waals surface area (Å²) in [5.74, 6) is 0.135.